The molecule has 0 aromatic heterocycles. The van der Waals surface area contributed by atoms with Crippen LogP contribution in [0.3, 0.4) is 0 Å². The third-order valence-corrected chi connectivity index (χ3v) is 2.69. The van der Waals surface area contributed by atoms with Gasteiger partial charge in [0.05, 0.1) is 11.6 Å². The highest BCUT2D eigenvalue weighted by Crippen LogP contribution is 2.26. The Morgan fingerprint density at radius 2 is 2.12 bits per heavy atom. The Hall–Kier alpha value is -0.770. The molecule has 1 aromatic rings. The molecule has 1 unspecified atom stereocenters. The molecule has 0 fully saturated rings. The van der Waals surface area contributed by atoms with Gasteiger partial charge in [-0.2, -0.15) is 0 Å². The van der Waals surface area contributed by atoms with Gasteiger partial charge in [0.2, 0.25) is 0 Å². The van der Waals surface area contributed by atoms with Crippen LogP contribution in [0.4, 0.5) is 0 Å². The molecule has 0 spiro atoms. The van der Waals surface area contributed by atoms with E-state index in [-0.39, 0.29) is 18.4 Å². The summed E-state index contributed by atoms with van der Waals surface area (Å²) in [5.41, 5.74) is 0.716. The molecule has 17 heavy (non-hydrogen) atoms. The van der Waals surface area contributed by atoms with Crippen molar-refractivity contribution in [2.75, 3.05) is 6.61 Å². The fourth-order valence-corrected chi connectivity index (χ4v) is 1.68. The van der Waals surface area contributed by atoms with Crippen LogP contribution in [0.15, 0.2) is 18.2 Å². The zero-order valence-corrected chi connectivity index (χ0v) is 11.5. The average molecular weight is 258 g/mol. The van der Waals surface area contributed by atoms with E-state index in [0.717, 1.165) is 5.56 Å². The molecule has 0 saturated heterocycles. The molecule has 0 heterocycles. The first kappa shape index (κ1) is 14.3. The standard InChI is InChI=1S/C13H20ClNO2/c1-9-5-6-11(14)12(7-9)17-10(2)15-13(3,4)8-16/h5-7,10,15-16H,8H2,1-4H3. The Balaban J connectivity index is 2.68. The number of hydrogen-bond acceptors (Lipinski definition) is 3. The molecule has 1 aromatic carbocycles. The highest BCUT2D eigenvalue weighted by molar-refractivity contribution is 6.32. The highest BCUT2D eigenvalue weighted by Gasteiger charge is 2.19. The Kier molecular flexibility index (Phi) is 4.80. The van der Waals surface area contributed by atoms with Crippen molar-refractivity contribution in [1.29, 1.82) is 0 Å². The Morgan fingerprint density at radius 3 is 2.71 bits per heavy atom. The van der Waals surface area contributed by atoms with Crippen molar-refractivity contribution in [1.82, 2.24) is 5.32 Å². The van der Waals surface area contributed by atoms with E-state index in [0.29, 0.717) is 10.8 Å². The van der Waals surface area contributed by atoms with Gasteiger partial charge in [-0.3, -0.25) is 5.32 Å². The molecular formula is C13H20ClNO2. The van der Waals surface area contributed by atoms with Crippen molar-refractivity contribution in [3.05, 3.63) is 28.8 Å². The lowest BCUT2D eigenvalue weighted by molar-refractivity contribution is 0.103. The molecule has 0 amide bonds. The quantitative estimate of drug-likeness (QED) is 0.797. The SMILES string of the molecule is Cc1ccc(Cl)c(OC(C)NC(C)(C)CO)c1. The number of benzene rings is 1. The maximum absolute atomic E-state index is 9.16. The maximum Gasteiger partial charge on any atom is 0.147 e. The number of hydrogen-bond donors (Lipinski definition) is 2. The summed E-state index contributed by atoms with van der Waals surface area (Å²) >= 11 is 6.04. The van der Waals surface area contributed by atoms with Gasteiger partial charge in [-0.25, -0.2) is 0 Å². The summed E-state index contributed by atoms with van der Waals surface area (Å²) in [5.74, 6) is 0.653. The molecule has 0 aliphatic carbocycles. The van der Waals surface area contributed by atoms with Crippen LogP contribution in [0.1, 0.15) is 26.3 Å². The van der Waals surface area contributed by atoms with E-state index < -0.39 is 0 Å². The molecule has 0 saturated carbocycles. The second-order valence-electron chi connectivity index (χ2n) is 4.88. The van der Waals surface area contributed by atoms with E-state index in [1.807, 2.05) is 45.9 Å². The second-order valence-corrected chi connectivity index (χ2v) is 5.29. The number of aliphatic hydroxyl groups excluding tert-OH is 1. The number of rotatable bonds is 5. The van der Waals surface area contributed by atoms with Crippen molar-refractivity contribution in [2.45, 2.75) is 39.5 Å². The summed E-state index contributed by atoms with van der Waals surface area (Å²) in [5, 5.41) is 12.9. The monoisotopic (exact) mass is 257 g/mol. The van der Waals surface area contributed by atoms with E-state index in [2.05, 4.69) is 5.32 Å². The summed E-state index contributed by atoms with van der Waals surface area (Å²) in [6, 6.07) is 5.65. The first-order valence-electron chi connectivity index (χ1n) is 5.65. The van der Waals surface area contributed by atoms with Crippen molar-refractivity contribution in [3.8, 4) is 5.75 Å². The Bertz CT molecular complexity index is 380. The first-order valence-corrected chi connectivity index (χ1v) is 6.03. The number of aryl methyl sites for hydroxylation is 1. The predicted octanol–water partition coefficient (Wildman–Crippen LogP) is 2.73. The number of halogens is 1. The molecule has 1 atom stereocenters. The van der Waals surface area contributed by atoms with Crippen LogP contribution >= 0.6 is 11.6 Å². The van der Waals surface area contributed by atoms with Gasteiger partial charge in [0.1, 0.15) is 12.0 Å². The highest BCUT2D eigenvalue weighted by atomic mass is 35.5. The van der Waals surface area contributed by atoms with Crippen LogP contribution in [-0.2, 0) is 0 Å². The van der Waals surface area contributed by atoms with E-state index in [1.165, 1.54) is 0 Å². The van der Waals surface area contributed by atoms with Gasteiger partial charge in [-0.05, 0) is 45.4 Å². The molecule has 0 bridgehead atoms. The van der Waals surface area contributed by atoms with Gasteiger partial charge in [0, 0.05) is 5.54 Å². The largest absolute Gasteiger partial charge is 0.474 e. The van der Waals surface area contributed by atoms with Crippen LogP contribution in [0.25, 0.3) is 0 Å². The van der Waals surface area contributed by atoms with E-state index >= 15 is 0 Å². The van der Waals surface area contributed by atoms with Gasteiger partial charge < -0.3 is 9.84 Å². The van der Waals surface area contributed by atoms with Gasteiger partial charge in [-0.1, -0.05) is 17.7 Å². The minimum Gasteiger partial charge on any atom is -0.474 e. The Morgan fingerprint density at radius 1 is 1.47 bits per heavy atom. The van der Waals surface area contributed by atoms with Crippen LogP contribution < -0.4 is 10.1 Å². The van der Waals surface area contributed by atoms with Gasteiger partial charge >= 0.3 is 0 Å². The second kappa shape index (κ2) is 5.71. The zero-order valence-electron chi connectivity index (χ0n) is 10.7. The molecular weight excluding hydrogens is 238 g/mol. The summed E-state index contributed by atoms with van der Waals surface area (Å²) in [4.78, 5) is 0. The lowest BCUT2D eigenvalue weighted by atomic mass is 10.1. The van der Waals surface area contributed by atoms with Crippen molar-refractivity contribution in [2.24, 2.45) is 0 Å². The topological polar surface area (TPSA) is 41.5 Å². The molecule has 0 aliphatic heterocycles. The molecule has 0 radical (unpaired) electrons. The van der Waals surface area contributed by atoms with Crippen molar-refractivity contribution < 1.29 is 9.84 Å². The lowest BCUT2D eigenvalue weighted by Gasteiger charge is -2.28. The minimum absolute atomic E-state index is 0.0439. The van der Waals surface area contributed by atoms with Gasteiger partial charge in [0.25, 0.3) is 0 Å². The summed E-state index contributed by atoms with van der Waals surface area (Å²) in [6.45, 7) is 7.73. The van der Waals surface area contributed by atoms with Crippen LogP contribution in [-0.4, -0.2) is 23.5 Å². The minimum atomic E-state index is -0.379. The lowest BCUT2D eigenvalue weighted by Crippen LogP contribution is -2.49. The van der Waals surface area contributed by atoms with Crippen LogP contribution in [0.2, 0.25) is 5.02 Å². The normalized spacial score (nSPS) is 13.5. The number of aliphatic hydroxyl groups is 1. The van der Waals surface area contributed by atoms with Gasteiger partial charge in [-0.15, -0.1) is 0 Å². The van der Waals surface area contributed by atoms with Gasteiger partial charge in [0.15, 0.2) is 0 Å². The molecule has 2 N–H and O–H groups in total. The average Bonchev–Trinajstić information content (AvgIpc) is 2.23. The molecule has 96 valence electrons. The van der Waals surface area contributed by atoms with Crippen molar-refractivity contribution >= 4 is 11.6 Å². The smallest absolute Gasteiger partial charge is 0.147 e. The first-order chi connectivity index (χ1) is 7.84. The summed E-state index contributed by atoms with van der Waals surface area (Å²) in [7, 11) is 0. The van der Waals surface area contributed by atoms with Crippen molar-refractivity contribution in [3.63, 3.8) is 0 Å². The third kappa shape index (κ3) is 4.54. The molecule has 1 rings (SSSR count). The fraction of sp³-hybridized carbons (Fsp3) is 0.538. The van der Waals surface area contributed by atoms with E-state index in [9.17, 15) is 0 Å². The maximum atomic E-state index is 9.16. The summed E-state index contributed by atoms with van der Waals surface area (Å²) in [6.07, 6.45) is -0.226. The fourth-order valence-electron chi connectivity index (χ4n) is 1.52. The molecule has 3 nitrogen and oxygen atoms in total. The zero-order chi connectivity index (χ0) is 13.1. The summed E-state index contributed by atoms with van der Waals surface area (Å²) < 4.78 is 5.71. The number of nitrogens with one attached hydrogen (secondary N) is 1. The molecule has 0 aliphatic rings. The van der Waals surface area contributed by atoms with E-state index in [4.69, 9.17) is 21.4 Å². The van der Waals surface area contributed by atoms with Crippen LogP contribution in [0, 0.1) is 6.92 Å². The van der Waals surface area contributed by atoms with E-state index in [1.54, 1.807) is 0 Å². The van der Waals surface area contributed by atoms with Crippen LogP contribution in [0.5, 0.6) is 5.75 Å². The predicted molar refractivity (Wildman–Crippen MR) is 70.6 cm³/mol. The number of ether oxygens (including phenoxy) is 1. The third-order valence-electron chi connectivity index (χ3n) is 2.38. The Labute approximate surface area is 108 Å². The molecule has 4 heteroatoms.